The molecule has 26 atom stereocenters. The summed E-state index contributed by atoms with van der Waals surface area (Å²) in [5, 5.41) is 117. The third-order valence-corrected chi connectivity index (χ3v) is 17.1. The van der Waals surface area contributed by atoms with Crippen LogP contribution >= 0.6 is 0 Å². The lowest BCUT2D eigenvalue weighted by atomic mass is 9.46. The second kappa shape index (κ2) is 17.9. The zero-order valence-corrected chi connectivity index (χ0v) is 36.4. The highest BCUT2D eigenvalue weighted by Crippen LogP contribution is 2.70. The van der Waals surface area contributed by atoms with E-state index in [0.29, 0.717) is 25.7 Å². The minimum Gasteiger partial charge on any atom is -0.394 e. The number of aliphatic hydroxyl groups is 11. The number of fused-ring (bicyclic) bond motifs is 7. The number of hydrogen-bond acceptors (Lipinski definition) is 18. The van der Waals surface area contributed by atoms with Gasteiger partial charge in [0.2, 0.25) is 0 Å². The molecule has 0 amide bonds. The predicted octanol–water partition coefficient (Wildman–Crippen LogP) is -1.22. The molecule has 18 unspecified atom stereocenters. The van der Waals surface area contributed by atoms with Crippen LogP contribution in [-0.4, -0.2) is 186 Å². The van der Waals surface area contributed by atoms with E-state index in [4.69, 9.17) is 33.2 Å². The van der Waals surface area contributed by atoms with E-state index >= 15 is 0 Å². The van der Waals surface area contributed by atoms with Gasteiger partial charge in [-0.25, -0.2) is 0 Å². The first-order valence-electron chi connectivity index (χ1n) is 22.9. The lowest BCUT2D eigenvalue weighted by molar-refractivity contribution is -0.362. The van der Waals surface area contributed by atoms with Gasteiger partial charge in [0.1, 0.15) is 61.0 Å². The Morgan fingerprint density at radius 2 is 1.53 bits per heavy atom. The van der Waals surface area contributed by atoms with Gasteiger partial charge in [-0.05, 0) is 80.5 Å². The van der Waals surface area contributed by atoms with Crippen LogP contribution in [0.3, 0.4) is 0 Å². The lowest BCUT2D eigenvalue weighted by Gasteiger charge is -2.60. The van der Waals surface area contributed by atoms with Crippen molar-refractivity contribution in [1.82, 2.24) is 0 Å². The Bertz CT molecular complexity index is 1590. The average molecular weight is 889 g/mol. The number of rotatable bonds is 11. The summed E-state index contributed by atoms with van der Waals surface area (Å²) < 4.78 is 42.5. The monoisotopic (exact) mass is 888 g/mol. The van der Waals surface area contributed by atoms with Crippen LogP contribution in [0.25, 0.3) is 0 Å². The quantitative estimate of drug-likeness (QED) is 0.108. The van der Waals surface area contributed by atoms with Gasteiger partial charge in [-0.3, -0.25) is 0 Å². The summed E-state index contributed by atoms with van der Waals surface area (Å²) in [5.74, 6) is -0.790. The Morgan fingerprint density at radius 3 is 2.26 bits per heavy atom. The van der Waals surface area contributed by atoms with Crippen molar-refractivity contribution >= 4 is 0 Å². The second-order valence-electron chi connectivity index (χ2n) is 20.7. The van der Waals surface area contributed by atoms with E-state index in [1.807, 2.05) is 6.92 Å². The Hall–Kier alpha value is -0.980. The molecule has 62 heavy (non-hydrogen) atoms. The minimum atomic E-state index is -1.66. The maximum Gasteiger partial charge on any atom is 0.187 e. The van der Waals surface area contributed by atoms with Crippen LogP contribution in [0.4, 0.5) is 0 Å². The van der Waals surface area contributed by atoms with Crippen molar-refractivity contribution in [2.75, 3.05) is 19.8 Å². The van der Waals surface area contributed by atoms with Crippen LogP contribution in [0, 0.1) is 46.3 Å². The van der Waals surface area contributed by atoms with Gasteiger partial charge in [-0.2, -0.15) is 0 Å². The Kier molecular flexibility index (Phi) is 13.7. The van der Waals surface area contributed by atoms with Gasteiger partial charge in [0.15, 0.2) is 24.7 Å². The molecule has 356 valence electrons. The molecule has 0 bridgehead atoms. The van der Waals surface area contributed by atoms with E-state index in [0.717, 1.165) is 31.3 Å². The van der Waals surface area contributed by atoms with E-state index in [1.54, 1.807) is 0 Å². The Labute approximate surface area is 362 Å². The first-order valence-corrected chi connectivity index (χ1v) is 22.9. The summed E-state index contributed by atoms with van der Waals surface area (Å²) in [6.45, 7) is 9.45. The summed E-state index contributed by atoms with van der Waals surface area (Å²) in [4.78, 5) is 0. The number of allylic oxidation sites excluding steroid dienone is 1. The van der Waals surface area contributed by atoms with E-state index in [1.165, 1.54) is 6.92 Å². The van der Waals surface area contributed by atoms with Crippen molar-refractivity contribution in [1.29, 1.82) is 0 Å². The van der Waals surface area contributed by atoms with Crippen molar-refractivity contribution in [2.45, 2.75) is 196 Å². The third kappa shape index (κ3) is 8.06. The van der Waals surface area contributed by atoms with E-state index < -0.39 is 116 Å². The number of ether oxygens (including phenoxy) is 7. The van der Waals surface area contributed by atoms with Crippen LogP contribution < -0.4 is 0 Å². The molecule has 3 saturated carbocycles. The fraction of sp³-hybridized carbons (Fsp3) is 0.955. The highest BCUT2D eigenvalue weighted by atomic mass is 16.8. The lowest BCUT2D eigenvalue weighted by Crippen LogP contribution is -2.63. The molecule has 8 rings (SSSR count). The predicted molar refractivity (Wildman–Crippen MR) is 213 cm³/mol. The molecule has 0 aromatic carbocycles. The van der Waals surface area contributed by atoms with E-state index in [2.05, 4.69) is 26.8 Å². The zero-order valence-electron chi connectivity index (χ0n) is 36.4. The summed E-state index contributed by atoms with van der Waals surface area (Å²) in [6.07, 6.45) is -13.2. The highest BCUT2D eigenvalue weighted by Gasteiger charge is 2.69. The van der Waals surface area contributed by atoms with Gasteiger partial charge < -0.3 is 89.3 Å². The van der Waals surface area contributed by atoms with Crippen LogP contribution in [0.1, 0.15) is 86.0 Å². The van der Waals surface area contributed by atoms with Crippen LogP contribution in [0.5, 0.6) is 0 Å². The van der Waals surface area contributed by atoms with Crippen LogP contribution in [0.15, 0.2) is 11.6 Å². The maximum atomic E-state index is 12.1. The van der Waals surface area contributed by atoms with Crippen molar-refractivity contribution < 1.29 is 89.3 Å². The van der Waals surface area contributed by atoms with Gasteiger partial charge >= 0.3 is 0 Å². The summed E-state index contributed by atoms with van der Waals surface area (Å²) in [6, 6.07) is 0. The summed E-state index contributed by atoms with van der Waals surface area (Å²) >= 11 is 0. The Morgan fingerprint density at radius 1 is 0.823 bits per heavy atom. The molecule has 4 saturated heterocycles. The van der Waals surface area contributed by atoms with E-state index in [9.17, 15) is 56.2 Å². The molecule has 0 aromatic heterocycles. The molecule has 4 heterocycles. The van der Waals surface area contributed by atoms with Gasteiger partial charge in [-0.15, -0.1) is 0 Å². The standard InChI is InChI=1S/C44H72O18/c1-18(16-56-39-36(53)35(52)33(50)28(15-45)59-39)8-11-44(55)19(2)30-27(62-44)14-25-23-7-6-21-12-22(46)13-29(43(21,5)24(23)9-10-42(25,30)4)60-41-38(32(49)26(47)17-57-41)61-40-37(54)34(51)31(48)20(3)58-40/h6,18-20,22-41,45-55H,7-17H2,1-5H3/t18-,19-,20?,22+,23?,24?,25?,26?,27?,28?,29+,30?,31?,32?,33?,34?,35?,36?,37?,38?,39?,40-,41?,42-,43-,44+/m0/s1. The largest absolute Gasteiger partial charge is 0.394 e. The molecule has 18 nitrogen and oxygen atoms in total. The van der Waals surface area contributed by atoms with E-state index in [-0.39, 0.29) is 60.2 Å². The molecule has 11 N–H and O–H groups in total. The second-order valence-corrected chi connectivity index (χ2v) is 20.7. The molecule has 4 aliphatic heterocycles. The number of hydrogen-bond donors (Lipinski definition) is 11. The Balaban J connectivity index is 0.935. The first-order chi connectivity index (χ1) is 29.2. The summed E-state index contributed by atoms with van der Waals surface area (Å²) in [7, 11) is 0. The third-order valence-electron chi connectivity index (χ3n) is 17.1. The van der Waals surface area contributed by atoms with Crippen molar-refractivity contribution in [3.63, 3.8) is 0 Å². The van der Waals surface area contributed by atoms with Crippen molar-refractivity contribution in [3.8, 4) is 0 Å². The maximum absolute atomic E-state index is 12.1. The van der Waals surface area contributed by atoms with Crippen molar-refractivity contribution in [3.05, 3.63) is 11.6 Å². The highest BCUT2D eigenvalue weighted by molar-refractivity contribution is 5.28. The van der Waals surface area contributed by atoms with Gasteiger partial charge in [0, 0.05) is 24.2 Å². The number of aliphatic hydroxyl groups excluding tert-OH is 10. The molecule has 0 spiro atoms. The molecule has 8 aliphatic rings. The molecule has 7 fully saturated rings. The molecular formula is C44H72O18. The topological polar surface area (TPSA) is 287 Å². The fourth-order valence-corrected chi connectivity index (χ4v) is 13.3. The molecule has 4 aliphatic carbocycles. The minimum absolute atomic E-state index is 0.0819. The average Bonchev–Trinajstić information content (AvgIpc) is 3.67. The zero-order chi connectivity index (χ0) is 44.8. The van der Waals surface area contributed by atoms with Crippen LogP contribution in [-0.2, 0) is 33.2 Å². The van der Waals surface area contributed by atoms with Crippen LogP contribution in [0.2, 0.25) is 0 Å². The smallest absolute Gasteiger partial charge is 0.187 e. The van der Waals surface area contributed by atoms with Gasteiger partial charge in [0.05, 0.1) is 44.2 Å². The normalized spacial score (nSPS) is 55.7. The van der Waals surface area contributed by atoms with Crippen molar-refractivity contribution in [2.24, 2.45) is 46.3 Å². The molecule has 18 heteroatoms. The molecule has 0 aromatic rings. The summed E-state index contributed by atoms with van der Waals surface area (Å²) in [5.41, 5.74) is 0.452. The van der Waals surface area contributed by atoms with Gasteiger partial charge in [-0.1, -0.05) is 39.3 Å². The SMILES string of the molecule is CC1O[C@@H](OC2C(O[C@@H]3C[C@H](O)CC4=CCC5C6CC7O[C@](O)(CC[C@H](C)COC8OC(CO)C(O)C(O)C8O)[C@@H](C)C7[C@@]6(C)CCC5[C@]43C)OCC(O)C2O)C(O)C(O)C1O. The first kappa shape index (κ1) is 47.5. The van der Waals surface area contributed by atoms with Gasteiger partial charge in [0.25, 0.3) is 0 Å². The fourth-order valence-electron chi connectivity index (χ4n) is 13.3. The molecule has 0 radical (unpaired) electrons. The molecular weight excluding hydrogens is 816 g/mol.